The van der Waals surface area contributed by atoms with Gasteiger partial charge in [-0.3, -0.25) is 0 Å². The first-order chi connectivity index (χ1) is 10.7. The molecular formula is C17H21ClNO3+. The molecule has 0 saturated carbocycles. The SMILES string of the molecule is COc1cc(C[NH2+]CCO)ccc1OCc1cccc(Cl)c1. The van der Waals surface area contributed by atoms with Crippen molar-refractivity contribution in [3.05, 3.63) is 58.6 Å². The Hall–Kier alpha value is -1.75. The van der Waals surface area contributed by atoms with Crippen LogP contribution >= 0.6 is 11.6 Å². The molecule has 0 saturated heterocycles. The summed E-state index contributed by atoms with van der Waals surface area (Å²) in [6, 6.07) is 13.5. The average Bonchev–Trinajstić information content (AvgIpc) is 2.53. The lowest BCUT2D eigenvalue weighted by Gasteiger charge is -2.12. The van der Waals surface area contributed by atoms with Crippen LogP contribution in [0.5, 0.6) is 11.5 Å². The number of nitrogens with two attached hydrogens (primary N) is 1. The topological polar surface area (TPSA) is 55.3 Å². The van der Waals surface area contributed by atoms with Gasteiger partial charge in [-0.2, -0.15) is 0 Å². The lowest BCUT2D eigenvalue weighted by molar-refractivity contribution is -0.671. The average molecular weight is 323 g/mol. The van der Waals surface area contributed by atoms with E-state index in [0.717, 1.165) is 17.7 Å². The number of aliphatic hydroxyl groups is 1. The van der Waals surface area contributed by atoms with Crippen molar-refractivity contribution in [3.63, 3.8) is 0 Å². The summed E-state index contributed by atoms with van der Waals surface area (Å²) in [5, 5.41) is 11.5. The zero-order valence-corrected chi connectivity index (χ0v) is 13.3. The van der Waals surface area contributed by atoms with Gasteiger partial charge in [0.15, 0.2) is 11.5 Å². The smallest absolute Gasteiger partial charge is 0.161 e. The first-order valence-electron chi connectivity index (χ1n) is 7.19. The van der Waals surface area contributed by atoms with Gasteiger partial charge in [-0.1, -0.05) is 23.7 Å². The summed E-state index contributed by atoms with van der Waals surface area (Å²) in [4.78, 5) is 0. The zero-order valence-electron chi connectivity index (χ0n) is 12.6. The standard InChI is InChI=1S/C17H20ClNO3/c1-21-17-10-13(11-19-7-8-20)5-6-16(17)22-12-14-3-2-4-15(18)9-14/h2-6,9-10,19-20H,7-8,11-12H2,1H3/p+1. The molecule has 4 nitrogen and oxygen atoms in total. The second-order valence-corrected chi connectivity index (χ2v) is 5.35. The van der Waals surface area contributed by atoms with Gasteiger partial charge in [0.05, 0.1) is 20.3 Å². The largest absolute Gasteiger partial charge is 0.493 e. The summed E-state index contributed by atoms with van der Waals surface area (Å²) in [6.45, 7) is 2.10. The van der Waals surface area contributed by atoms with E-state index in [1.807, 2.05) is 47.8 Å². The Morgan fingerprint density at radius 3 is 2.68 bits per heavy atom. The molecule has 0 aliphatic carbocycles. The minimum absolute atomic E-state index is 0.179. The van der Waals surface area contributed by atoms with Gasteiger partial charge in [-0.25, -0.2) is 0 Å². The minimum atomic E-state index is 0.179. The molecule has 2 aromatic carbocycles. The van der Waals surface area contributed by atoms with Gasteiger partial charge < -0.3 is 19.9 Å². The van der Waals surface area contributed by atoms with E-state index in [-0.39, 0.29) is 6.61 Å². The minimum Gasteiger partial charge on any atom is -0.493 e. The van der Waals surface area contributed by atoms with Gasteiger partial charge in [0.1, 0.15) is 13.2 Å². The fraction of sp³-hybridized carbons (Fsp3) is 0.294. The Morgan fingerprint density at radius 1 is 1.09 bits per heavy atom. The molecule has 0 aromatic heterocycles. The number of halogens is 1. The second kappa shape index (κ2) is 8.63. The normalized spacial score (nSPS) is 10.5. The summed E-state index contributed by atoms with van der Waals surface area (Å²) in [6.07, 6.45) is 0. The molecule has 5 heteroatoms. The molecule has 3 N–H and O–H groups in total. The molecule has 118 valence electrons. The molecule has 0 atom stereocenters. The maximum absolute atomic E-state index is 8.80. The first kappa shape index (κ1) is 16.6. The van der Waals surface area contributed by atoms with E-state index >= 15 is 0 Å². The van der Waals surface area contributed by atoms with Gasteiger partial charge in [0, 0.05) is 10.6 Å². The van der Waals surface area contributed by atoms with Crippen LogP contribution < -0.4 is 14.8 Å². The maximum Gasteiger partial charge on any atom is 0.161 e. The fourth-order valence-corrected chi connectivity index (χ4v) is 2.32. The number of rotatable bonds is 8. The summed E-state index contributed by atoms with van der Waals surface area (Å²) in [7, 11) is 1.63. The highest BCUT2D eigenvalue weighted by molar-refractivity contribution is 6.30. The van der Waals surface area contributed by atoms with E-state index in [1.54, 1.807) is 7.11 Å². The van der Waals surface area contributed by atoms with Crippen molar-refractivity contribution in [2.24, 2.45) is 0 Å². The van der Waals surface area contributed by atoms with Crippen LogP contribution in [0.1, 0.15) is 11.1 Å². The quantitative estimate of drug-likeness (QED) is 0.731. The van der Waals surface area contributed by atoms with Crippen molar-refractivity contribution >= 4 is 11.6 Å². The summed E-state index contributed by atoms with van der Waals surface area (Å²) < 4.78 is 11.2. The molecule has 0 aliphatic heterocycles. The lowest BCUT2D eigenvalue weighted by Crippen LogP contribution is -2.83. The van der Waals surface area contributed by atoms with Gasteiger partial charge in [-0.15, -0.1) is 0 Å². The highest BCUT2D eigenvalue weighted by atomic mass is 35.5. The van der Waals surface area contributed by atoms with Crippen LogP contribution in [0.4, 0.5) is 0 Å². The van der Waals surface area contributed by atoms with Crippen molar-refractivity contribution in [1.82, 2.24) is 0 Å². The molecule has 0 heterocycles. The van der Waals surface area contributed by atoms with Crippen molar-refractivity contribution in [1.29, 1.82) is 0 Å². The van der Waals surface area contributed by atoms with E-state index in [9.17, 15) is 0 Å². The van der Waals surface area contributed by atoms with Crippen LogP contribution in [0.2, 0.25) is 5.02 Å². The molecule has 2 rings (SSSR count). The Balaban J connectivity index is 2.01. The predicted octanol–water partition coefficient (Wildman–Crippen LogP) is 1.98. The number of hydrogen-bond acceptors (Lipinski definition) is 3. The Morgan fingerprint density at radius 2 is 1.95 bits per heavy atom. The molecule has 2 aromatic rings. The number of quaternary nitrogens is 1. The van der Waals surface area contributed by atoms with Crippen LogP contribution in [0, 0.1) is 0 Å². The van der Waals surface area contributed by atoms with E-state index in [1.165, 1.54) is 0 Å². The summed E-state index contributed by atoms with van der Waals surface area (Å²) in [5.41, 5.74) is 2.13. The van der Waals surface area contributed by atoms with Crippen LogP contribution in [0.25, 0.3) is 0 Å². The Labute approximate surface area is 135 Å². The lowest BCUT2D eigenvalue weighted by atomic mass is 10.2. The van der Waals surface area contributed by atoms with Gasteiger partial charge >= 0.3 is 0 Å². The van der Waals surface area contributed by atoms with Crippen LogP contribution in [-0.4, -0.2) is 25.4 Å². The van der Waals surface area contributed by atoms with Crippen molar-refractivity contribution in [3.8, 4) is 11.5 Å². The van der Waals surface area contributed by atoms with Crippen molar-refractivity contribution < 1.29 is 19.9 Å². The zero-order chi connectivity index (χ0) is 15.8. The molecule has 0 fully saturated rings. The van der Waals surface area contributed by atoms with E-state index in [2.05, 4.69) is 0 Å². The van der Waals surface area contributed by atoms with E-state index in [4.69, 9.17) is 26.2 Å². The maximum atomic E-state index is 8.80. The van der Waals surface area contributed by atoms with Crippen LogP contribution in [-0.2, 0) is 13.2 Å². The molecule has 0 bridgehead atoms. The molecule has 0 amide bonds. The number of methoxy groups -OCH3 is 1. The van der Waals surface area contributed by atoms with Gasteiger partial charge in [0.2, 0.25) is 0 Å². The third kappa shape index (κ3) is 4.91. The van der Waals surface area contributed by atoms with Crippen LogP contribution in [0.15, 0.2) is 42.5 Å². The number of aliphatic hydroxyl groups excluding tert-OH is 1. The molecular weight excluding hydrogens is 302 g/mol. The molecule has 0 aliphatic rings. The molecule has 22 heavy (non-hydrogen) atoms. The highest BCUT2D eigenvalue weighted by Crippen LogP contribution is 2.28. The summed E-state index contributed by atoms with van der Waals surface area (Å²) >= 11 is 5.96. The molecule has 0 radical (unpaired) electrons. The van der Waals surface area contributed by atoms with Crippen molar-refractivity contribution in [2.75, 3.05) is 20.3 Å². The Kier molecular flexibility index (Phi) is 6.52. The monoisotopic (exact) mass is 322 g/mol. The summed E-state index contributed by atoms with van der Waals surface area (Å²) in [5.74, 6) is 1.41. The number of benzene rings is 2. The number of hydrogen-bond donors (Lipinski definition) is 2. The van der Waals surface area contributed by atoms with Crippen LogP contribution in [0.3, 0.4) is 0 Å². The third-order valence-electron chi connectivity index (χ3n) is 3.22. The molecule has 0 unspecified atom stereocenters. The fourth-order valence-electron chi connectivity index (χ4n) is 2.11. The van der Waals surface area contributed by atoms with Gasteiger partial charge in [0.25, 0.3) is 0 Å². The second-order valence-electron chi connectivity index (χ2n) is 4.91. The third-order valence-corrected chi connectivity index (χ3v) is 3.46. The predicted molar refractivity (Wildman–Crippen MR) is 86.4 cm³/mol. The molecule has 0 spiro atoms. The first-order valence-corrected chi connectivity index (χ1v) is 7.57. The van der Waals surface area contributed by atoms with E-state index in [0.29, 0.717) is 29.7 Å². The van der Waals surface area contributed by atoms with Gasteiger partial charge in [-0.05, 0) is 35.9 Å². The van der Waals surface area contributed by atoms with E-state index < -0.39 is 0 Å². The Bertz CT molecular complexity index is 604. The highest BCUT2D eigenvalue weighted by Gasteiger charge is 2.07. The number of ether oxygens (including phenoxy) is 2. The van der Waals surface area contributed by atoms with Crippen molar-refractivity contribution in [2.45, 2.75) is 13.2 Å².